The molecular formula is C25H21F2N5O3. The van der Waals surface area contributed by atoms with Crippen molar-refractivity contribution in [2.24, 2.45) is 0 Å². The Morgan fingerprint density at radius 1 is 0.943 bits per heavy atom. The number of halogens is 2. The normalized spacial score (nSPS) is 13.9. The first-order valence-electron chi connectivity index (χ1n) is 11.1. The number of nitrogens with one attached hydrogen (secondary N) is 1. The van der Waals surface area contributed by atoms with Crippen LogP contribution in [0.5, 0.6) is 0 Å². The summed E-state index contributed by atoms with van der Waals surface area (Å²) in [7, 11) is 0. The van der Waals surface area contributed by atoms with Crippen LogP contribution in [0.3, 0.4) is 0 Å². The van der Waals surface area contributed by atoms with E-state index in [4.69, 9.17) is 0 Å². The minimum Gasteiger partial charge on any atom is -0.353 e. The first-order chi connectivity index (χ1) is 16.9. The number of carbonyl (C=O) groups excluding carboxylic acids is 1. The van der Waals surface area contributed by atoms with Gasteiger partial charge in [-0.25, -0.2) is 18.6 Å². The van der Waals surface area contributed by atoms with Gasteiger partial charge in [0, 0.05) is 44.0 Å². The van der Waals surface area contributed by atoms with Gasteiger partial charge in [0.2, 0.25) is 0 Å². The van der Waals surface area contributed by atoms with Crippen LogP contribution in [0.1, 0.15) is 15.9 Å². The quantitative estimate of drug-likeness (QED) is 0.488. The molecule has 0 atom stereocenters. The third-order valence-corrected chi connectivity index (χ3v) is 6.14. The zero-order valence-electron chi connectivity index (χ0n) is 18.6. The van der Waals surface area contributed by atoms with Crippen LogP contribution in [0.25, 0.3) is 10.9 Å². The van der Waals surface area contributed by atoms with Crippen molar-refractivity contribution in [2.75, 3.05) is 31.1 Å². The van der Waals surface area contributed by atoms with Crippen molar-refractivity contribution in [3.8, 4) is 0 Å². The predicted molar refractivity (Wildman–Crippen MR) is 127 cm³/mol. The Kier molecular flexibility index (Phi) is 5.86. The zero-order chi connectivity index (χ0) is 24.5. The molecule has 5 rings (SSSR count). The fraction of sp³-hybridized carbons (Fsp3) is 0.200. The Bertz CT molecular complexity index is 1530. The topological polar surface area (TPSA) is 91.3 Å². The Morgan fingerprint density at radius 2 is 1.69 bits per heavy atom. The van der Waals surface area contributed by atoms with Gasteiger partial charge in [-0.15, -0.1) is 0 Å². The molecule has 1 aliphatic heterocycles. The van der Waals surface area contributed by atoms with Gasteiger partial charge < -0.3 is 9.80 Å². The highest BCUT2D eigenvalue weighted by atomic mass is 19.1. The fourth-order valence-corrected chi connectivity index (χ4v) is 4.30. The maximum Gasteiger partial charge on any atom is 0.329 e. The minimum atomic E-state index is -0.970. The molecule has 2 aromatic carbocycles. The van der Waals surface area contributed by atoms with Crippen molar-refractivity contribution >= 4 is 22.6 Å². The summed E-state index contributed by atoms with van der Waals surface area (Å²) >= 11 is 0. The molecule has 0 aliphatic carbocycles. The van der Waals surface area contributed by atoms with E-state index in [1.54, 1.807) is 30.5 Å². The SMILES string of the molecule is O=C(c1cc(Cn2c(=O)[nH]c(=O)c3ccccc32)c(F)cc1F)N1CCN(c2ccccn2)CC1. The monoisotopic (exact) mass is 477 g/mol. The number of anilines is 1. The van der Waals surface area contributed by atoms with Gasteiger partial charge in [-0.2, -0.15) is 0 Å². The summed E-state index contributed by atoms with van der Waals surface area (Å²) in [5, 5.41) is 0.261. The number of fused-ring (bicyclic) bond motifs is 1. The van der Waals surface area contributed by atoms with Crippen LogP contribution >= 0.6 is 0 Å². The largest absolute Gasteiger partial charge is 0.353 e. The van der Waals surface area contributed by atoms with Crippen molar-refractivity contribution in [3.63, 3.8) is 0 Å². The van der Waals surface area contributed by atoms with E-state index in [-0.39, 0.29) is 23.1 Å². The number of aromatic amines is 1. The average molecular weight is 477 g/mol. The Hall–Kier alpha value is -4.34. The maximum atomic E-state index is 14.7. The lowest BCUT2D eigenvalue weighted by molar-refractivity contribution is 0.0741. The molecule has 0 spiro atoms. The highest BCUT2D eigenvalue weighted by Crippen LogP contribution is 2.21. The minimum absolute atomic E-state index is 0.0406. The number of amides is 1. The molecule has 0 radical (unpaired) electrons. The van der Waals surface area contributed by atoms with Gasteiger partial charge in [0.15, 0.2) is 0 Å². The number of hydrogen-bond donors (Lipinski definition) is 1. The maximum absolute atomic E-state index is 14.7. The number of H-pyrrole nitrogens is 1. The number of para-hydroxylation sites is 1. The second-order valence-corrected chi connectivity index (χ2v) is 8.25. The summed E-state index contributed by atoms with van der Waals surface area (Å²) in [6.45, 7) is 1.47. The average Bonchev–Trinajstić information content (AvgIpc) is 2.88. The second-order valence-electron chi connectivity index (χ2n) is 8.25. The van der Waals surface area contributed by atoms with Crippen LogP contribution in [0.2, 0.25) is 0 Å². The molecule has 1 aliphatic rings. The summed E-state index contributed by atoms with van der Waals surface area (Å²) in [5.74, 6) is -1.61. The second kappa shape index (κ2) is 9.13. The molecule has 1 saturated heterocycles. The Morgan fingerprint density at radius 3 is 2.43 bits per heavy atom. The van der Waals surface area contributed by atoms with Gasteiger partial charge in [-0.05, 0) is 30.3 Å². The van der Waals surface area contributed by atoms with Gasteiger partial charge >= 0.3 is 5.69 Å². The van der Waals surface area contributed by atoms with E-state index in [0.717, 1.165) is 11.9 Å². The van der Waals surface area contributed by atoms with Crippen LogP contribution in [-0.2, 0) is 6.54 Å². The lowest BCUT2D eigenvalue weighted by Crippen LogP contribution is -2.49. The predicted octanol–water partition coefficient (Wildman–Crippen LogP) is 2.37. The number of nitrogens with zero attached hydrogens (tertiary/aromatic N) is 4. The summed E-state index contributed by atoms with van der Waals surface area (Å²) in [6.07, 6.45) is 1.69. The number of carbonyl (C=O) groups is 1. The molecule has 3 heterocycles. The molecular weight excluding hydrogens is 456 g/mol. The molecule has 1 N–H and O–H groups in total. The molecule has 1 amide bonds. The van der Waals surface area contributed by atoms with Crippen molar-refractivity contribution < 1.29 is 13.6 Å². The van der Waals surface area contributed by atoms with E-state index in [9.17, 15) is 23.2 Å². The molecule has 178 valence electrons. The molecule has 35 heavy (non-hydrogen) atoms. The standard InChI is InChI=1S/C25H21F2N5O3/c26-19-14-20(27)18(24(34)31-11-9-30(10-12-31)22-7-3-4-8-28-22)13-16(19)15-32-21-6-2-1-5-17(21)23(33)29-25(32)35/h1-8,13-14H,9-12,15H2,(H,29,33,35). The van der Waals surface area contributed by atoms with Gasteiger partial charge in [0.1, 0.15) is 17.5 Å². The van der Waals surface area contributed by atoms with Crippen LogP contribution in [-0.4, -0.2) is 51.5 Å². The fourth-order valence-electron chi connectivity index (χ4n) is 4.30. The first-order valence-corrected chi connectivity index (χ1v) is 11.1. The van der Waals surface area contributed by atoms with E-state index in [2.05, 4.69) is 9.97 Å². The number of piperazine rings is 1. The highest BCUT2D eigenvalue weighted by Gasteiger charge is 2.26. The third-order valence-electron chi connectivity index (χ3n) is 6.14. The molecule has 0 bridgehead atoms. The Labute approximate surface area is 198 Å². The number of aromatic nitrogens is 3. The summed E-state index contributed by atoms with van der Waals surface area (Å²) in [6, 6.07) is 13.8. The first kappa shape index (κ1) is 22.5. The van der Waals surface area contributed by atoms with Crippen molar-refractivity contribution in [1.29, 1.82) is 0 Å². The summed E-state index contributed by atoms with van der Waals surface area (Å²) < 4.78 is 30.6. The highest BCUT2D eigenvalue weighted by molar-refractivity contribution is 5.95. The van der Waals surface area contributed by atoms with E-state index < -0.39 is 28.8 Å². The molecule has 1 fully saturated rings. The lowest BCUT2D eigenvalue weighted by Gasteiger charge is -2.35. The Balaban J connectivity index is 1.42. The summed E-state index contributed by atoms with van der Waals surface area (Å²) in [5.41, 5.74) is -1.28. The van der Waals surface area contributed by atoms with Crippen LogP contribution in [0.15, 0.2) is 70.4 Å². The van der Waals surface area contributed by atoms with E-state index in [1.165, 1.54) is 9.47 Å². The molecule has 2 aromatic heterocycles. The molecule has 10 heteroatoms. The third kappa shape index (κ3) is 4.30. The van der Waals surface area contributed by atoms with Gasteiger partial charge in [-0.1, -0.05) is 18.2 Å². The summed E-state index contributed by atoms with van der Waals surface area (Å²) in [4.78, 5) is 47.8. The lowest BCUT2D eigenvalue weighted by atomic mass is 10.1. The molecule has 8 nitrogen and oxygen atoms in total. The van der Waals surface area contributed by atoms with E-state index in [0.29, 0.717) is 37.8 Å². The van der Waals surface area contributed by atoms with E-state index in [1.807, 2.05) is 23.1 Å². The zero-order valence-corrected chi connectivity index (χ0v) is 18.6. The van der Waals surface area contributed by atoms with Gasteiger partial charge in [-0.3, -0.25) is 19.1 Å². The molecule has 0 unspecified atom stereocenters. The molecule has 0 saturated carbocycles. The van der Waals surface area contributed by atoms with Gasteiger partial charge in [0.05, 0.1) is 23.0 Å². The smallest absolute Gasteiger partial charge is 0.329 e. The van der Waals surface area contributed by atoms with E-state index >= 15 is 0 Å². The molecule has 4 aromatic rings. The number of rotatable bonds is 4. The number of pyridine rings is 1. The number of benzene rings is 2. The van der Waals surface area contributed by atoms with Crippen LogP contribution in [0.4, 0.5) is 14.6 Å². The van der Waals surface area contributed by atoms with Crippen molar-refractivity contribution in [3.05, 3.63) is 104 Å². The van der Waals surface area contributed by atoms with Crippen molar-refractivity contribution in [1.82, 2.24) is 19.4 Å². The van der Waals surface area contributed by atoms with Crippen LogP contribution in [0, 0.1) is 11.6 Å². The van der Waals surface area contributed by atoms with Crippen LogP contribution < -0.4 is 16.1 Å². The number of hydrogen-bond acceptors (Lipinski definition) is 5. The van der Waals surface area contributed by atoms with Gasteiger partial charge in [0.25, 0.3) is 11.5 Å². The van der Waals surface area contributed by atoms with Crippen molar-refractivity contribution in [2.45, 2.75) is 6.54 Å².